The average molecular weight is 246 g/mol. The largest absolute Gasteiger partial charge is 0.399 e. The number of nitrogen functional groups attached to an aromatic ring is 1. The van der Waals surface area contributed by atoms with E-state index in [-0.39, 0.29) is 5.82 Å². The Bertz CT molecular complexity index is 517. The molecule has 0 aliphatic rings. The predicted molar refractivity (Wildman–Crippen MR) is 69.6 cm³/mol. The van der Waals surface area contributed by atoms with Crippen LogP contribution in [0.25, 0.3) is 0 Å². The molecule has 0 saturated heterocycles. The van der Waals surface area contributed by atoms with Crippen LogP contribution < -0.4 is 11.1 Å². The summed E-state index contributed by atoms with van der Waals surface area (Å²) in [5.74, 6) is -0.205. The zero-order valence-corrected chi connectivity index (χ0v) is 10.4. The Morgan fingerprint density at radius 2 is 2.06 bits per heavy atom. The number of rotatable bonds is 3. The van der Waals surface area contributed by atoms with Crippen molar-refractivity contribution < 1.29 is 4.39 Å². The summed E-state index contributed by atoms with van der Waals surface area (Å²) in [5.41, 5.74) is 8.89. The summed E-state index contributed by atoms with van der Waals surface area (Å²) >= 11 is 0. The van der Waals surface area contributed by atoms with Gasteiger partial charge < -0.3 is 11.1 Å². The quantitative estimate of drug-likeness (QED) is 0.816. The molecule has 2 rings (SSSR count). The van der Waals surface area contributed by atoms with Crippen molar-refractivity contribution in [1.29, 1.82) is 0 Å². The maximum absolute atomic E-state index is 13.7. The Hall–Kier alpha value is -2.17. The summed E-state index contributed by atoms with van der Waals surface area (Å²) in [4.78, 5) is 7.66. The zero-order chi connectivity index (χ0) is 13.1. The smallest absolute Gasteiger partial charge is 0.186 e. The number of nitrogens with zero attached hydrogens (tertiary/aromatic N) is 2. The molecule has 0 radical (unpaired) electrons. The summed E-state index contributed by atoms with van der Waals surface area (Å²) in [5, 5.41) is 2.96. The van der Waals surface area contributed by atoms with E-state index in [1.165, 1.54) is 6.33 Å². The molecule has 0 atom stereocenters. The Morgan fingerprint density at radius 3 is 2.83 bits per heavy atom. The second-order valence-electron chi connectivity index (χ2n) is 4.11. The highest BCUT2D eigenvalue weighted by molar-refractivity contribution is 5.51. The highest BCUT2D eigenvalue weighted by Crippen LogP contribution is 2.18. The number of aromatic nitrogens is 2. The lowest BCUT2D eigenvalue weighted by atomic mass is 10.1. The normalized spacial score (nSPS) is 10.4. The second-order valence-corrected chi connectivity index (χ2v) is 4.11. The SMILES string of the molecule is Cc1ncnc(NCc2cccc(N)c2C)c1F. The maximum Gasteiger partial charge on any atom is 0.186 e. The molecule has 0 aliphatic heterocycles. The first-order valence-corrected chi connectivity index (χ1v) is 5.64. The van der Waals surface area contributed by atoms with Gasteiger partial charge >= 0.3 is 0 Å². The molecule has 0 amide bonds. The van der Waals surface area contributed by atoms with E-state index in [0.717, 1.165) is 16.8 Å². The molecule has 0 bridgehead atoms. The fourth-order valence-corrected chi connectivity index (χ4v) is 1.65. The van der Waals surface area contributed by atoms with Crippen LogP contribution in [0.2, 0.25) is 0 Å². The summed E-state index contributed by atoms with van der Waals surface area (Å²) < 4.78 is 13.7. The van der Waals surface area contributed by atoms with Gasteiger partial charge in [-0.25, -0.2) is 14.4 Å². The van der Waals surface area contributed by atoms with E-state index < -0.39 is 5.82 Å². The minimum absolute atomic E-state index is 0.212. The molecule has 0 fully saturated rings. The number of hydrogen-bond acceptors (Lipinski definition) is 4. The van der Waals surface area contributed by atoms with E-state index in [1.807, 2.05) is 25.1 Å². The topological polar surface area (TPSA) is 63.8 Å². The second kappa shape index (κ2) is 5.00. The van der Waals surface area contributed by atoms with Crippen molar-refractivity contribution in [3.63, 3.8) is 0 Å². The van der Waals surface area contributed by atoms with Crippen molar-refractivity contribution >= 4 is 11.5 Å². The van der Waals surface area contributed by atoms with Gasteiger partial charge in [0.25, 0.3) is 0 Å². The Morgan fingerprint density at radius 1 is 1.28 bits per heavy atom. The van der Waals surface area contributed by atoms with Gasteiger partial charge in [-0.3, -0.25) is 0 Å². The van der Waals surface area contributed by atoms with Gasteiger partial charge in [0.2, 0.25) is 0 Å². The number of nitrogens with one attached hydrogen (secondary N) is 1. The lowest BCUT2D eigenvalue weighted by Gasteiger charge is -2.10. The van der Waals surface area contributed by atoms with Crippen molar-refractivity contribution in [1.82, 2.24) is 9.97 Å². The molecule has 0 aliphatic carbocycles. The van der Waals surface area contributed by atoms with Crippen LogP contribution in [0.15, 0.2) is 24.5 Å². The molecule has 0 saturated carbocycles. The van der Waals surface area contributed by atoms with Crippen molar-refractivity contribution in [3.05, 3.63) is 47.2 Å². The van der Waals surface area contributed by atoms with E-state index in [1.54, 1.807) is 6.92 Å². The van der Waals surface area contributed by atoms with E-state index in [4.69, 9.17) is 5.73 Å². The summed E-state index contributed by atoms with van der Waals surface area (Å²) in [6.45, 7) is 4.02. The van der Waals surface area contributed by atoms with Gasteiger partial charge in [-0.2, -0.15) is 0 Å². The highest BCUT2D eigenvalue weighted by atomic mass is 19.1. The standard InChI is InChI=1S/C13H15FN4/c1-8-10(4-3-5-11(8)15)6-16-13-12(14)9(2)17-7-18-13/h3-5,7H,6,15H2,1-2H3,(H,16,17,18). The Balaban J connectivity index is 2.17. The molecule has 2 aromatic rings. The molecule has 0 spiro atoms. The Kier molecular flexibility index (Phi) is 3.41. The third-order valence-electron chi connectivity index (χ3n) is 2.90. The van der Waals surface area contributed by atoms with Gasteiger partial charge in [0.05, 0.1) is 5.69 Å². The van der Waals surface area contributed by atoms with Gasteiger partial charge in [-0.1, -0.05) is 12.1 Å². The number of benzene rings is 1. The molecular weight excluding hydrogens is 231 g/mol. The third kappa shape index (κ3) is 2.40. The number of halogens is 1. The molecule has 94 valence electrons. The van der Waals surface area contributed by atoms with Gasteiger partial charge in [-0.05, 0) is 31.0 Å². The summed E-state index contributed by atoms with van der Waals surface area (Å²) in [6, 6.07) is 5.67. The van der Waals surface area contributed by atoms with Gasteiger partial charge in [-0.15, -0.1) is 0 Å². The van der Waals surface area contributed by atoms with Crippen molar-refractivity contribution in [2.75, 3.05) is 11.1 Å². The van der Waals surface area contributed by atoms with E-state index >= 15 is 0 Å². The minimum atomic E-state index is -0.418. The molecule has 3 N–H and O–H groups in total. The molecule has 5 heteroatoms. The summed E-state index contributed by atoms with van der Waals surface area (Å²) in [6.07, 6.45) is 1.34. The molecular formula is C13H15FN4. The monoisotopic (exact) mass is 246 g/mol. The lowest BCUT2D eigenvalue weighted by molar-refractivity contribution is 0.604. The van der Waals surface area contributed by atoms with Crippen LogP contribution in [0.4, 0.5) is 15.9 Å². The van der Waals surface area contributed by atoms with Crippen LogP contribution in [-0.2, 0) is 6.54 Å². The first-order valence-electron chi connectivity index (χ1n) is 5.64. The highest BCUT2D eigenvalue weighted by Gasteiger charge is 2.08. The van der Waals surface area contributed by atoms with Crippen LogP contribution in [0, 0.1) is 19.7 Å². The third-order valence-corrected chi connectivity index (χ3v) is 2.90. The number of aryl methyl sites for hydroxylation is 1. The van der Waals surface area contributed by atoms with Gasteiger partial charge in [0.15, 0.2) is 11.6 Å². The molecule has 0 unspecified atom stereocenters. The zero-order valence-electron chi connectivity index (χ0n) is 10.4. The van der Waals surface area contributed by atoms with Crippen molar-refractivity contribution in [2.45, 2.75) is 20.4 Å². The molecule has 4 nitrogen and oxygen atoms in total. The van der Waals surface area contributed by atoms with Crippen LogP contribution >= 0.6 is 0 Å². The van der Waals surface area contributed by atoms with Crippen LogP contribution in [0.1, 0.15) is 16.8 Å². The van der Waals surface area contributed by atoms with Crippen molar-refractivity contribution in [2.24, 2.45) is 0 Å². The van der Waals surface area contributed by atoms with Crippen LogP contribution in [0.3, 0.4) is 0 Å². The van der Waals surface area contributed by atoms with Gasteiger partial charge in [0, 0.05) is 12.2 Å². The molecule has 18 heavy (non-hydrogen) atoms. The fourth-order valence-electron chi connectivity index (χ4n) is 1.65. The van der Waals surface area contributed by atoms with E-state index in [0.29, 0.717) is 12.2 Å². The van der Waals surface area contributed by atoms with Crippen LogP contribution in [0.5, 0.6) is 0 Å². The summed E-state index contributed by atoms with van der Waals surface area (Å²) in [7, 11) is 0. The minimum Gasteiger partial charge on any atom is -0.399 e. The number of hydrogen-bond donors (Lipinski definition) is 2. The first kappa shape index (κ1) is 12.3. The number of anilines is 2. The molecule has 1 aromatic heterocycles. The Labute approximate surface area is 105 Å². The molecule has 1 aromatic carbocycles. The van der Waals surface area contributed by atoms with Crippen LogP contribution in [-0.4, -0.2) is 9.97 Å². The van der Waals surface area contributed by atoms with Crippen molar-refractivity contribution in [3.8, 4) is 0 Å². The first-order chi connectivity index (χ1) is 8.59. The van der Waals surface area contributed by atoms with E-state index in [2.05, 4.69) is 15.3 Å². The van der Waals surface area contributed by atoms with Gasteiger partial charge in [0.1, 0.15) is 6.33 Å². The number of nitrogens with two attached hydrogens (primary N) is 1. The molecule has 1 heterocycles. The average Bonchev–Trinajstić information content (AvgIpc) is 2.36. The van der Waals surface area contributed by atoms with E-state index in [9.17, 15) is 4.39 Å². The fraction of sp³-hybridized carbons (Fsp3) is 0.231. The lowest BCUT2D eigenvalue weighted by Crippen LogP contribution is -2.07. The predicted octanol–water partition coefficient (Wildman–Crippen LogP) is 2.43. The maximum atomic E-state index is 13.7.